The van der Waals surface area contributed by atoms with Gasteiger partial charge in [0.2, 0.25) is 5.91 Å². The van der Waals surface area contributed by atoms with Crippen molar-refractivity contribution in [2.24, 2.45) is 7.05 Å². The zero-order valence-corrected chi connectivity index (χ0v) is 17.6. The molecule has 3 aromatic rings. The smallest absolute Gasteiger partial charge is 0.243 e. The highest BCUT2D eigenvalue weighted by molar-refractivity contribution is 6.03. The van der Waals surface area contributed by atoms with Crippen molar-refractivity contribution in [3.63, 3.8) is 0 Å². The Hall–Kier alpha value is -2.93. The number of benzene rings is 2. The van der Waals surface area contributed by atoms with Crippen molar-refractivity contribution in [1.29, 1.82) is 0 Å². The Balaban J connectivity index is 1.15. The molecular weight excluding hydrogens is 393 g/mol. The van der Waals surface area contributed by atoms with Crippen molar-refractivity contribution in [2.45, 2.75) is 31.2 Å². The van der Waals surface area contributed by atoms with E-state index in [-0.39, 0.29) is 11.7 Å². The molecule has 0 spiro atoms. The molecule has 3 aliphatic heterocycles. The molecule has 7 heteroatoms. The van der Waals surface area contributed by atoms with Gasteiger partial charge < -0.3 is 15.1 Å². The first-order chi connectivity index (χ1) is 15.1. The van der Waals surface area contributed by atoms with Gasteiger partial charge in [-0.05, 0) is 55.6 Å². The molecule has 6 rings (SSSR count). The van der Waals surface area contributed by atoms with Crippen LogP contribution in [0.1, 0.15) is 30.0 Å². The first-order valence-electron chi connectivity index (χ1n) is 11.1. The van der Waals surface area contributed by atoms with Crippen LogP contribution in [-0.2, 0) is 18.3 Å². The highest BCUT2D eigenvalue weighted by Crippen LogP contribution is 2.49. The third kappa shape index (κ3) is 3.02. The molecule has 1 amide bonds. The number of amides is 1. The number of hydrogen-bond acceptors (Lipinski definition) is 4. The summed E-state index contributed by atoms with van der Waals surface area (Å²) in [6.07, 6.45) is 2.99. The summed E-state index contributed by atoms with van der Waals surface area (Å²) >= 11 is 0. The van der Waals surface area contributed by atoms with Crippen LogP contribution in [0.2, 0.25) is 0 Å². The number of nitrogens with zero attached hydrogens (tertiary/aromatic N) is 4. The summed E-state index contributed by atoms with van der Waals surface area (Å²) in [5.74, 6) is 0.324. The standard InChI is InChI=1S/C24H26FN5O/c1-28-22-12-15(25)7-8-17(22)19(27-28)6-3-10-29-11-9-21-18(13-29)16-4-2-5-20-24(16)30(21)14-23(31)26-20/h2,4-5,7-8,12,18,21H,3,6,9-11,13-14H2,1H3,(H,26,31)/t18-,21-/m0/s1. The van der Waals surface area contributed by atoms with E-state index in [0.29, 0.717) is 18.5 Å². The van der Waals surface area contributed by atoms with Crippen LogP contribution in [-0.4, -0.2) is 52.8 Å². The van der Waals surface area contributed by atoms with Crippen molar-refractivity contribution in [1.82, 2.24) is 14.7 Å². The van der Waals surface area contributed by atoms with Crippen molar-refractivity contribution < 1.29 is 9.18 Å². The van der Waals surface area contributed by atoms with Gasteiger partial charge in [-0.25, -0.2) is 4.39 Å². The van der Waals surface area contributed by atoms with Crippen molar-refractivity contribution in [3.8, 4) is 0 Å². The Morgan fingerprint density at radius 1 is 1.26 bits per heavy atom. The average molecular weight is 420 g/mol. The molecule has 0 radical (unpaired) electrons. The highest BCUT2D eigenvalue weighted by atomic mass is 19.1. The van der Waals surface area contributed by atoms with Gasteiger partial charge in [0, 0.05) is 37.5 Å². The van der Waals surface area contributed by atoms with Crippen LogP contribution in [0.15, 0.2) is 36.4 Å². The summed E-state index contributed by atoms with van der Waals surface area (Å²) < 4.78 is 15.3. The molecular formula is C24H26FN5O. The van der Waals surface area contributed by atoms with Crippen LogP contribution in [0.25, 0.3) is 10.9 Å². The molecule has 1 N–H and O–H groups in total. The van der Waals surface area contributed by atoms with E-state index in [1.807, 2.05) is 19.2 Å². The van der Waals surface area contributed by atoms with Crippen LogP contribution < -0.4 is 10.2 Å². The lowest BCUT2D eigenvalue weighted by Crippen LogP contribution is -2.49. The summed E-state index contributed by atoms with van der Waals surface area (Å²) in [7, 11) is 1.87. The van der Waals surface area contributed by atoms with Gasteiger partial charge in [-0.3, -0.25) is 9.48 Å². The van der Waals surface area contributed by atoms with Crippen LogP contribution in [0.5, 0.6) is 0 Å². The molecule has 2 atom stereocenters. The number of anilines is 2. The maximum atomic E-state index is 13.6. The molecule has 6 nitrogen and oxygen atoms in total. The van der Waals surface area contributed by atoms with E-state index in [0.717, 1.165) is 61.2 Å². The fraction of sp³-hybridized carbons (Fsp3) is 0.417. The van der Waals surface area contributed by atoms with Gasteiger partial charge in [0.1, 0.15) is 5.82 Å². The molecule has 3 aliphatic rings. The number of aryl methyl sites for hydroxylation is 2. The number of carbonyl (C=O) groups is 1. The molecule has 0 bridgehead atoms. The summed E-state index contributed by atoms with van der Waals surface area (Å²) in [4.78, 5) is 17.0. The van der Waals surface area contributed by atoms with Crippen LogP contribution in [0.3, 0.4) is 0 Å². The molecule has 31 heavy (non-hydrogen) atoms. The fourth-order valence-electron chi connectivity index (χ4n) is 5.84. The predicted molar refractivity (Wildman–Crippen MR) is 119 cm³/mol. The van der Waals surface area contributed by atoms with Crippen LogP contribution in [0, 0.1) is 5.82 Å². The Labute approximate surface area is 180 Å². The Kier molecular flexibility index (Phi) is 4.28. The number of hydrogen-bond donors (Lipinski definition) is 1. The second-order valence-electron chi connectivity index (χ2n) is 9.02. The largest absolute Gasteiger partial charge is 0.357 e. The number of halogens is 1. The van der Waals surface area contributed by atoms with Gasteiger partial charge in [-0.1, -0.05) is 12.1 Å². The van der Waals surface area contributed by atoms with Crippen molar-refractivity contribution in [2.75, 3.05) is 36.4 Å². The molecule has 1 saturated heterocycles. The van der Waals surface area contributed by atoms with E-state index in [4.69, 9.17) is 0 Å². The number of piperidine rings is 1. The minimum absolute atomic E-state index is 0.0928. The van der Waals surface area contributed by atoms with E-state index < -0.39 is 0 Å². The number of carbonyl (C=O) groups excluding carboxylic acids is 1. The molecule has 4 heterocycles. The molecule has 1 fully saturated rings. The van der Waals surface area contributed by atoms with Gasteiger partial charge in [0.15, 0.2) is 0 Å². The first kappa shape index (κ1) is 18.8. The third-order valence-electron chi connectivity index (χ3n) is 7.18. The topological polar surface area (TPSA) is 53.4 Å². The number of likely N-dealkylation sites (tertiary alicyclic amines) is 1. The van der Waals surface area contributed by atoms with E-state index in [1.54, 1.807) is 10.7 Å². The fourth-order valence-corrected chi connectivity index (χ4v) is 5.84. The minimum Gasteiger partial charge on any atom is -0.357 e. The Bertz CT molecular complexity index is 1190. The maximum Gasteiger partial charge on any atom is 0.243 e. The summed E-state index contributed by atoms with van der Waals surface area (Å²) in [5, 5.41) is 8.71. The lowest BCUT2D eigenvalue weighted by Gasteiger charge is -2.39. The van der Waals surface area contributed by atoms with Gasteiger partial charge in [0.25, 0.3) is 0 Å². The van der Waals surface area contributed by atoms with E-state index in [9.17, 15) is 9.18 Å². The first-order valence-corrected chi connectivity index (χ1v) is 11.1. The predicted octanol–water partition coefficient (Wildman–Crippen LogP) is 3.28. The quantitative estimate of drug-likeness (QED) is 0.705. The van der Waals surface area contributed by atoms with Crippen molar-refractivity contribution in [3.05, 3.63) is 53.5 Å². The molecule has 0 aliphatic carbocycles. The molecule has 2 aromatic carbocycles. The number of nitrogens with one attached hydrogen (secondary N) is 1. The molecule has 1 aromatic heterocycles. The number of fused-ring (bicyclic) bond motifs is 4. The highest BCUT2D eigenvalue weighted by Gasteiger charge is 2.45. The Morgan fingerprint density at radius 3 is 3.06 bits per heavy atom. The van der Waals surface area contributed by atoms with E-state index >= 15 is 0 Å². The van der Waals surface area contributed by atoms with Gasteiger partial charge in [-0.15, -0.1) is 0 Å². The lowest BCUT2D eigenvalue weighted by molar-refractivity contribution is -0.115. The summed E-state index contributed by atoms with van der Waals surface area (Å²) in [6, 6.07) is 11.7. The van der Waals surface area contributed by atoms with E-state index in [2.05, 4.69) is 32.3 Å². The zero-order valence-electron chi connectivity index (χ0n) is 17.6. The van der Waals surface area contributed by atoms with Gasteiger partial charge >= 0.3 is 0 Å². The van der Waals surface area contributed by atoms with Crippen molar-refractivity contribution >= 4 is 28.2 Å². The van der Waals surface area contributed by atoms with Gasteiger partial charge in [-0.2, -0.15) is 5.10 Å². The summed E-state index contributed by atoms with van der Waals surface area (Å²) in [6.45, 7) is 3.57. The Morgan fingerprint density at radius 2 is 2.16 bits per heavy atom. The third-order valence-corrected chi connectivity index (χ3v) is 7.18. The summed E-state index contributed by atoms with van der Waals surface area (Å²) in [5.41, 5.74) is 5.48. The van der Waals surface area contributed by atoms with E-state index in [1.165, 1.54) is 17.3 Å². The maximum absolute atomic E-state index is 13.6. The number of rotatable bonds is 4. The zero-order chi connectivity index (χ0) is 21.1. The molecule has 0 unspecified atom stereocenters. The normalized spacial score (nSPS) is 22.5. The second kappa shape index (κ2) is 7.05. The monoisotopic (exact) mass is 419 g/mol. The van der Waals surface area contributed by atoms with Crippen LogP contribution >= 0.6 is 0 Å². The minimum atomic E-state index is -0.222. The SMILES string of the molecule is Cn1nc(CCCN2CC[C@H]3[C@@H](C2)c2cccc4c2N3CC(=O)N4)c2ccc(F)cc21. The van der Waals surface area contributed by atoms with Gasteiger partial charge in [0.05, 0.1) is 29.1 Å². The van der Waals surface area contributed by atoms with Crippen LogP contribution in [0.4, 0.5) is 15.8 Å². The second-order valence-corrected chi connectivity index (χ2v) is 9.02. The average Bonchev–Trinajstić information content (AvgIpc) is 3.24. The number of aromatic nitrogens is 2. The molecule has 0 saturated carbocycles. The lowest BCUT2D eigenvalue weighted by atomic mass is 9.89. The number of para-hydroxylation sites is 1. The molecule has 160 valence electrons.